The number of methoxy groups -OCH3 is 1. The fourth-order valence-corrected chi connectivity index (χ4v) is 3.31. The van der Waals surface area contributed by atoms with Crippen molar-refractivity contribution in [1.29, 1.82) is 0 Å². The highest BCUT2D eigenvalue weighted by Crippen LogP contribution is 2.25. The Kier molecular flexibility index (Phi) is 5.78. The first-order valence-electron chi connectivity index (χ1n) is 6.24. The molecule has 0 amide bonds. The number of ether oxygens (including phenoxy) is 1. The molecule has 0 aliphatic rings. The highest BCUT2D eigenvalue weighted by atomic mass is 32.2. The summed E-state index contributed by atoms with van der Waals surface area (Å²) in [4.78, 5) is 0.194. The van der Waals surface area contributed by atoms with Crippen LogP contribution in [0.2, 0.25) is 0 Å². The Morgan fingerprint density at radius 1 is 1.21 bits per heavy atom. The topological polar surface area (TPSA) is 81.4 Å². The molecule has 19 heavy (non-hydrogen) atoms. The van der Waals surface area contributed by atoms with Crippen molar-refractivity contribution >= 4 is 15.7 Å². The first kappa shape index (κ1) is 15.9. The first-order valence-corrected chi connectivity index (χ1v) is 7.72. The third-order valence-electron chi connectivity index (χ3n) is 2.95. The van der Waals surface area contributed by atoms with E-state index in [4.69, 9.17) is 10.5 Å². The Bertz CT molecular complexity index is 527. The maximum absolute atomic E-state index is 12.2. The van der Waals surface area contributed by atoms with Crippen LogP contribution in [0.3, 0.4) is 0 Å². The second-order valence-corrected chi connectivity index (χ2v) is 6.24. The third-order valence-corrected chi connectivity index (χ3v) is 4.61. The summed E-state index contributed by atoms with van der Waals surface area (Å²) in [7, 11) is -1.92. The summed E-state index contributed by atoms with van der Waals surface area (Å²) < 4.78 is 32.0. The van der Waals surface area contributed by atoms with Crippen molar-refractivity contribution in [2.45, 2.75) is 31.6 Å². The van der Waals surface area contributed by atoms with E-state index in [1.807, 2.05) is 6.07 Å². The first-order chi connectivity index (χ1) is 8.90. The van der Waals surface area contributed by atoms with Crippen molar-refractivity contribution in [2.24, 2.45) is 0 Å². The van der Waals surface area contributed by atoms with Gasteiger partial charge in [0, 0.05) is 20.3 Å². The van der Waals surface area contributed by atoms with Crippen LogP contribution < -0.4 is 10.5 Å². The molecule has 0 aromatic heterocycles. The average molecular weight is 286 g/mol. The average Bonchev–Trinajstić information content (AvgIpc) is 2.34. The number of anilines is 1. The lowest BCUT2D eigenvalue weighted by Crippen LogP contribution is -2.26. The second-order valence-electron chi connectivity index (χ2n) is 4.54. The van der Waals surface area contributed by atoms with Gasteiger partial charge in [0.2, 0.25) is 10.0 Å². The van der Waals surface area contributed by atoms with Gasteiger partial charge in [0.15, 0.2) is 0 Å². The van der Waals surface area contributed by atoms with Crippen LogP contribution in [0.4, 0.5) is 5.69 Å². The van der Waals surface area contributed by atoms with Crippen LogP contribution in [0, 0.1) is 13.8 Å². The smallest absolute Gasteiger partial charge is 0.242 e. The molecule has 108 valence electrons. The number of sulfonamides is 1. The zero-order chi connectivity index (χ0) is 14.5. The van der Waals surface area contributed by atoms with Crippen molar-refractivity contribution in [3.63, 3.8) is 0 Å². The minimum Gasteiger partial charge on any atom is -0.397 e. The van der Waals surface area contributed by atoms with Crippen molar-refractivity contribution in [1.82, 2.24) is 4.72 Å². The third kappa shape index (κ3) is 4.19. The predicted octanol–water partition coefficient (Wildman–Crippen LogP) is 1.59. The SMILES string of the molecule is COCCCCNS(=O)(=O)c1c(C)ccc(C)c1N. The number of hydrogen-bond acceptors (Lipinski definition) is 4. The van der Waals surface area contributed by atoms with Gasteiger partial charge in [-0.05, 0) is 37.8 Å². The Balaban J connectivity index is 2.81. The van der Waals surface area contributed by atoms with Crippen LogP contribution >= 0.6 is 0 Å². The summed E-state index contributed by atoms with van der Waals surface area (Å²) in [5.74, 6) is 0. The summed E-state index contributed by atoms with van der Waals surface area (Å²) in [5.41, 5.74) is 7.63. The molecule has 0 atom stereocenters. The molecule has 0 heterocycles. The fourth-order valence-electron chi connectivity index (χ4n) is 1.81. The molecule has 0 fully saturated rings. The van der Waals surface area contributed by atoms with Crippen LogP contribution in [0.25, 0.3) is 0 Å². The highest BCUT2D eigenvalue weighted by Gasteiger charge is 2.20. The molecule has 0 saturated carbocycles. The van der Waals surface area contributed by atoms with Gasteiger partial charge in [-0.2, -0.15) is 0 Å². The van der Waals surface area contributed by atoms with E-state index < -0.39 is 10.0 Å². The molecule has 0 unspecified atom stereocenters. The van der Waals surface area contributed by atoms with Crippen LogP contribution in [-0.4, -0.2) is 28.7 Å². The molecule has 0 saturated heterocycles. The molecule has 0 aliphatic heterocycles. The van der Waals surface area contributed by atoms with E-state index in [2.05, 4.69) is 4.72 Å². The standard InChI is InChI=1S/C13H22N2O3S/c1-10-6-7-11(2)13(12(10)14)19(16,17)15-8-4-5-9-18-3/h6-7,15H,4-5,8-9,14H2,1-3H3. The minimum atomic E-state index is -3.55. The normalized spacial score (nSPS) is 11.7. The van der Waals surface area contributed by atoms with Gasteiger partial charge in [0.1, 0.15) is 4.90 Å². The van der Waals surface area contributed by atoms with Gasteiger partial charge in [-0.15, -0.1) is 0 Å². The van der Waals surface area contributed by atoms with Gasteiger partial charge in [-0.25, -0.2) is 13.1 Å². The molecule has 1 rings (SSSR count). The number of unbranched alkanes of at least 4 members (excludes halogenated alkanes) is 1. The monoisotopic (exact) mass is 286 g/mol. The van der Waals surface area contributed by atoms with Crippen LogP contribution in [0.5, 0.6) is 0 Å². The van der Waals surface area contributed by atoms with Crippen LogP contribution in [0.1, 0.15) is 24.0 Å². The number of nitrogen functional groups attached to an aromatic ring is 1. The Labute approximate surface area is 115 Å². The molecule has 0 aliphatic carbocycles. The molecule has 6 heteroatoms. The number of aryl methyl sites for hydroxylation is 2. The van der Waals surface area contributed by atoms with Crippen molar-refractivity contribution in [3.8, 4) is 0 Å². The van der Waals surface area contributed by atoms with E-state index >= 15 is 0 Å². The van der Waals surface area contributed by atoms with Crippen molar-refractivity contribution in [3.05, 3.63) is 23.3 Å². The number of hydrogen-bond donors (Lipinski definition) is 2. The molecule has 5 nitrogen and oxygen atoms in total. The molecule has 3 N–H and O–H groups in total. The van der Waals surface area contributed by atoms with E-state index in [-0.39, 0.29) is 4.90 Å². The zero-order valence-corrected chi connectivity index (χ0v) is 12.5. The quantitative estimate of drug-likeness (QED) is 0.589. The molecule has 0 bridgehead atoms. The van der Waals surface area contributed by atoms with Gasteiger partial charge in [0.25, 0.3) is 0 Å². The molecule has 1 aromatic carbocycles. The van der Waals surface area contributed by atoms with Gasteiger partial charge in [-0.3, -0.25) is 0 Å². The largest absolute Gasteiger partial charge is 0.397 e. The van der Waals surface area contributed by atoms with E-state index in [1.165, 1.54) is 0 Å². The van der Waals surface area contributed by atoms with Crippen molar-refractivity contribution in [2.75, 3.05) is 26.0 Å². The van der Waals surface area contributed by atoms with E-state index in [0.29, 0.717) is 24.4 Å². The van der Waals surface area contributed by atoms with Crippen LogP contribution in [0.15, 0.2) is 17.0 Å². The van der Waals surface area contributed by atoms with Crippen molar-refractivity contribution < 1.29 is 13.2 Å². The number of rotatable bonds is 7. The van der Waals surface area contributed by atoms with Gasteiger partial charge >= 0.3 is 0 Å². The number of nitrogens with two attached hydrogens (primary N) is 1. The predicted molar refractivity (Wildman–Crippen MR) is 76.6 cm³/mol. The van der Waals surface area contributed by atoms with Crippen LogP contribution in [-0.2, 0) is 14.8 Å². The second kappa shape index (κ2) is 6.88. The number of nitrogens with one attached hydrogen (secondary N) is 1. The summed E-state index contributed by atoms with van der Waals surface area (Å²) in [5, 5.41) is 0. The summed E-state index contributed by atoms with van der Waals surface area (Å²) in [6, 6.07) is 3.59. The van der Waals surface area contributed by atoms with Gasteiger partial charge < -0.3 is 10.5 Å². The Hall–Kier alpha value is -1.11. The number of benzene rings is 1. The summed E-state index contributed by atoms with van der Waals surface area (Å²) in [6.45, 7) is 4.56. The molecule has 1 aromatic rings. The van der Waals surface area contributed by atoms with E-state index in [9.17, 15) is 8.42 Å². The summed E-state index contributed by atoms with van der Waals surface area (Å²) >= 11 is 0. The van der Waals surface area contributed by atoms with Gasteiger partial charge in [-0.1, -0.05) is 12.1 Å². The Morgan fingerprint density at radius 3 is 2.47 bits per heavy atom. The summed E-state index contributed by atoms with van der Waals surface area (Å²) in [6.07, 6.45) is 1.55. The van der Waals surface area contributed by atoms with E-state index in [0.717, 1.165) is 18.4 Å². The molecular weight excluding hydrogens is 264 g/mol. The van der Waals surface area contributed by atoms with Gasteiger partial charge in [0.05, 0.1) is 5.69 Å². The molecular formula is C13H22N2O3S. The highest BCUT2D eigenvalue weighted by molar-refractivity contribution is 7.89. The Morgan fingerprint density at radius 2 is 1.84 bits per heavy atom. The molecule has 0 radical (unpaired) electrons. The lowest BCUT2D eigenvalue weighted by Gasteiger charge is -2.13. The minimum absolute atomic E-state index is 0.194. The maximum atomic E-state index is 12.2. The van der Waals surface area contributed by atoms with E-state index in [1.54, 1.807) is 27.0 Å². The molecule has 0 spiro atoms. The fraction of sp³-hybridized carbons (Fsp3) is 0.538. The lowest BCUT2D eigenvalue weighted by atomic mass is 10.1. The lowest BCUT2D eigenvalue weighted by molar-refractivity contribution is 0.193. The zero-order valence-electron chi connectivity index (χ0n) is 11.7. The maximum Gasteiger partial charge on any atom is 0.242 e.